The lowest BCUT2D eigenvalue weighted by Crippen LogP contribution is -1.92. The number of hydrogen-bond acceptors (Lipinski definition) is 6. The number of benzene rings is 1. The highest BCUT2D eigenvalue weighted by Gasteiger charge is 2.18. The SMILES string of the molecule is CNc1snc(C)c1-c1nc(Cc2ccccc2Br)no1. The van der Waals surface area contributed by atoms with Crippen LogP contribution in [0.5, 0.6) is 0 Å². The van der Waals surface area contributed by atoms with Crippen LogP contribution >= 0.6 is 27.5 Å². The van der Waals surface area contributed by atoms with Crippen molar-refractivity contribution in [1.29, 1.82) is 0 Å². The number of rotatable bonds is 4. The quantitative estimate of drug-likeness (QED) is 0.760. The Balaban J connectivity index is 1.90. The van der Waals surface area contributed by atoms with Gasteiger partial charge in [0.25, 0.3) is 5.89 Å². The van der Waals surface area contributed by atoms with Gasteiger partial charge in [0.1, 0.15) is 5.00 Å². The lowest BCUT2D eigenvalue weighted by atomic mass is 10.1. The minimum Gasteiger partial charge on any atom is -0.378 e. The number of nitrogens with zero attached hydrogens (tertiary/aromatic N) is 3. The molecule has 3 rings (SSSR count). The highest BCUT2D eigenvalue weighted by atomic mass is 79.9. The Morgan fingerprint density at radius 3 is 2.90 bits per heavy atom. The zero-order chi connectivity index (χ0) is 14.8. The maximum absolute atomic E-state index is 5.39. The van der Waals surface area contributed by atoms with E-state index < -0.39 is 0 Å². The molecule has 0 radical (unpaired) electrons. The predicted octanol–water partition coefficient (Wildman–Crippen LogP) is 3.90. The third-order valence-corrected chi connectivity index (χ3v) is 4.81. The van der Waals surface area contributed by atoms with Gasteiger partial charge in [0, 0.05) is 17.9 Å². The number of hydrogen-bond donors (Lipinski definition) is 1. The molecule has 0 aliphatic rings. The largest absolute Gasteiger partial charge is 0.378 e. The van der Waals surface area contributed by atoms with E-state index in [1.54, 1.807) is 0 Å². The molecule has 0 aliphatic heterocycles. The Bertz CT molecular complexity index is 768. The Kier molecular flexibility index (Phi) is 4.03. The van der Waals surface area contributed by atoms with E-state index in [2.05, 4.69) is 35.8 Å². The van der Waals surface area contributed by atoms with Crippen LogP contribution in [0.1, 0.15) is 17.1 Å². The number of nitrogens with one attached hydrogen (secondary N) is 1. The number of anilines is 1. The third kappa shape index (κ3) is 2.84. The molecule has 3 aromatic rings. The van der Waals surface area contributed by atoms with Crippen molar-refractivity contribution >= 4 is 32.5 Å². The van der Waals surface area contributed by atoms with Crippen LogP contribution in [0.25, 0.3) is 11.5 Å². The van der Waals surface area contributed by atoms with Crippen LogP contribution in [0, 0.1) is 6.92 Å². The van der Waals surface area contributed by atoms with Gasteiger partial charge in [-0.2, -0.15) is 9.36 Å². The maximum Gasteiger partial charge on any atom is 0.262 e. The highest BCUT2D eigenvalue weighted by molar-refractivity contribution is 9.10. The average molecular weight is 365 g/mol. The number of aromatic nitrogens is 3. The summed E-state index contributed by atoms with van der Waals surface area (Å²) in [4.78, 5) is 4.49. The monoisotopic (exact) mass is 364 g/mol. The van der Waals surface area contributed by atoms with E-state index in [1.807, 2.05) is 38.2 Å². The fourth-order valence-corrected chi connectivity index (χ4v) is 3.19. The van der Waals surface area contributed by atoms with Crippen LogP contribution in [0.2, 0.25) is 0 Å². The molecule has 0 atom stereocenters. The van der Waals surface area contributed by atoms with E-state index in [-0.39, 0.29) is 0 Å². The molecule has 21 heavy (non-hydrogen) atoms. The lowest BCUT2D eigenvalue weighted by Gasteiger charge is -1.99. The van der Waals surface area contributed by atoms with Gasteiger partial charge in [0.15, 0.2) is 5.82 Å². The van der Waals surface area contributed by atoms with Crippen molar-refractivity contribution in [3.8, 4) is 11.5 Å². The van der Waals surface area contributed by atoms with Gasteiger partial charge in [0.2, 0.25) is 0 Å². The Morgan fingerprint density at radius 1 is 1.33 bits per heavy atom. The minimum absolute atomic E-state index is 0.507. The summed E-state index contributed by atoms with van der Waals surface area (Å²) in [6.45, 7) is 1.93. The van der Waals surface area contributed by atoms with E-state index in [1.165, 1.54) is 11.5 Å². The van der Waals surface area contributed by atoms with Crippen LogP contribution in [-0.2, 0) is 6.42 Å². The van der Waals surface area contributed by atoms with Crippen molar-refractivity contribution < 1.29 is 4.52 Å². The molecule has 0 saturated carbocycles. The summed E-state index contributed by atoms with van der Waals surface area (Å²) in [7, 11) is 1.86. The maximum atomic E-state index is 5.39. The topological polar surface area (TPSA) is 63.8 Å². The minimum atomic E-state index is 0.507. The molecule has 0 aliphatic carbocycles. The Labute approximate surface area is 134 Å². The smallest absolute Gasteiger partial charge is 0.262 e. The molecule has 7 heteroatoms. The summed E-state index contributed by atoms with van der Waals surface area (Å²) in [5.74, 6) is 1.16. The van der Waals surface area contributed by atoms with E-state index in [4.69, 9.17) is 4.52 Å². The Hall–Kier alpha value is -1.73. The molecule has 0 bridgehead atoms. The first-order valence-electron chi connectivity index (χ1n) is 6.39. The zero-order valence-electron chi connectivity index (χ0n) is 11.6. The van der Waals surface area contributed by atoms with Crippen molar-refractivity contribution in [2.45, 2.75) is 13.3 Å². The molecular weight excluding hydrogens is 352 g/mol. The van der Waals surface area contributed by atoms with Crippen LogP contribution in [0.4, 0.5) is 5.00 Å². The van der Waals surface area contributed by atoms with E-state index >= 15 is 0 Å². The molecule has 0 unspecified atom stereocenters. The predicted molar refractivity (Wildman–Crippen MR) is 86.6 cm³/mol. The van der Waals surface area contributed by atoms with Crippen molar-refractivity contribution in [3.63, 3.8) is 0 Å². The second-order valence-corrected chi connectivity index (χ2v) is 6.13. The summed E-state index contributed by atoms with van der Waals surface area (Å²) in [6.07, 6.45) is 0.621. The molecule has 5 nitrogen and oxygen atoms in total. The fourth-order valence-electron chi connectivity index (χ4n) is 2.03. The molecule has 2 aromatic heterocycles. The van der Waals surface area contributed by atoms with E-state index in [0.29, 0.717) is 18.1 Å². The van der Waals surface area contributed by atoms with Gasteiger partial charge in [-0.1, -0.05) is 39.3 Å². The second-order valence-electron chi connectivity index (χ2n) is 4.51. The standard InChI is InChI=1S/C14H13BrN4OS/c1-8-12(14(16-2)21-19-8)13-17-11(18-20-13)7-9-5-3-4-6-10(9)15/h3-6,16H,7H2,1-2H3. The molecule has 1 aromatic carbocycles. The molecule has 0 amide bonds. The summed E-state index contributed by atoms with van der Waals surface area (Å²) in [5, 5.41) is 8.10. The van der Waals surface area contributed by atoms with Crippen LogP contribution < -0.4 is 5.32 Å². The van der Waals surface area contributed by atoms with Crippen molar-refractivity contribution in [1.82, 2.24) is 14.5 Å². The molecule has 108 valence electrons. The Morgan fingerprint density at radius 2 is 2.14 bits per heavy atom. The normalized spacial score (nSPS) is 10.8. The van der Waals surface area contributed by atoms with Crippen LogP contribution in [0.15, 0.2) is 33.3 Å². The van der Waals surface area contributed by atoms with E-state index in [9.17, 15) is 0 Å². The van der Waals surface area contributed by atoms with Gasteiger partial charge in [0.05, 0.1) is 11.3 Å². The molecule has 0 saturated heterocycles. The zero-order valence-corrected chi connectivity index (χ0v) is 14.0. The molecule has 2 heterocycles. The van der Waals surface area contributed by atoms with Gasteiger partial charge in [-0.25, -0.2) is 0 Å². The molecule has 0 fully saturated rings. The molecular formula is C14H13BrN4OS. The number of aryl methyl sites for hydroxylation is 1. The average Bonchev–Trinajstić information content (AvgIpc) is 3.07. The van der Waals surface area contributed by atoms with Gasteiger partial charge in [-0.15, -0.1) is 0 Å². The van der Waals surface area contributed by atoms with Gasteiger partial charge < -0.3 is 9.84 Å². The lowest BCUT2D eigenvalue weighted by molar-refractivity contribution is 0.424. The molecule has 1 N–H and O–H groups in total. The summed E-state index contributed by atoms with van der Waals surface area (Å²) in [6, 6.07) is 8.01. The first kappa shape index (κ1) is 14.2. The summed E-state index contributed by atoms with van der Waals surface area (Å²) < 4.78 is 10.8. The molecule has 0 spiro atoms. The van der Waals surface area contributed by atoms with E-state index in [0.717, 1.165) is 26.3 Å². The van der Waals surface area contributed by atoms with Crippen molar-refractivity contribution in [2.24, 2.45) is 0 Å². The van der Waals surface area contributed by atoms with Gasteiger partial charge in [-0.3, -0.25) is 0 Å². The fraction of sp³-hybridized carbons (Fsp3) is 0.214. The van der Waals surface area contributed by atoms with Crippen LogP contribution in [-0.4, -0.2) is 21.6 Å². The second kappa shape index (κ2) is 5.95. The number of halogens is 1. The third-order valence-electron chi connectivity index (χ3n) is 3.08. The van der Waals surface area contributed by atoms with Gasteiger partial charge >= 0.3 is 0 Å². The summed E-state index contributed by atoms with van der Waals surface area (Å²) >= 11 is 4.92. The first-order chi connectivity index (χ1) is 10.2. The highest BCUT2D eigenvalue weighted by Crippen LogP contribution is 2.33. The van der Waals surface area contributed by atoms with Gasteiger partial charge in [-0.05, 0) is 30.1 Å². The van der Waals surface area contributed by atoms with Crippen molar-refractivity contribution in [2.75, 3.05) is 12.4 Å². The van der Waals surface area contributed by atoms with Crippen molar-refractivity contribution in [3.05, 3.63) is 45.8 Å². The van der Waals surface area contributed by atoms with Crippen LogP contribution in [0.3, 0.4) is 0 Å². The first-order valence-corrected chi connectivity index (χ1v) is 7.96. The summed E-state index contributed by atoms with van der Waals surface area (Å²) in [5.41, 5.74) is 2.90.